The Morgan fingerprint density at radius 3 is 2.70 bits per heavy atom. The SMILES string of the molecule is CCOc1ccc(-c2nc(-c3cccc4c3CC[C@@H]4C)no2)cc1OCC. The van der Waals surface area contributed by atoms with Crippen molar-refractivity contribution in [2.24, 2.45) is 0 Å². The lowest BCUT2D eigenvalue weighted by Crippen LogP contribution is -1.98. The number of nitrogens with zero attached hydrogens (tertiary/aromatic N) is 2. The summed E-state index contributed by atoms with van der Waals surface area (Å²) in [4.78, 5) is 4.66. The molecule has 0 saturated heterocycles. The van der Waals surface area contributed by atoms with Crippen LogP contribution in [0.5, 0.6) is 11.5 Å². The molecule has 0 bridgehead atoms. The first-order chi connectivity index (χ1) is 13.2. The topological polar surface area (TPSA) is 57.4 Å². The molecule has 1 atom stereocenters. The summed E-state index contributed by atoms with van der Waals surface area (Å²) in [5.41, 5.74) is 4.64. The van der Waals surface area contributed by atoms with Crippen molar-refractivity contribution >= 4 is 0 Å². The molecule has 0 aliphatic heterocycles. The van der Waals surface area contributed by atoms with Gasteiger partial charge in [0.15, 0.2) is 11.5 Å². The summed E-state index contributed by atoms with van der Waals surface area (Å²) in [6.07, 6.45) is 2.24. The van der Waals surface area contributed by atoms with Crippen molar-refractivity contribution < 1.29 is 14.0 Å². The number of aromatic nitrogens is 2. The van der Waals surface area contributed by atoms with Gasteiger partial charge in [-0.15, -0.1) is 0 Å². The molecule has 0 amide bonds. The molecule has 1 heterocycles. The van der Waals surface area contributed by atoms with E-state index >= 15 is 0 Å². The van der Waals surface area contributed by atoms with Crippen LogP contribution in [0.2, 0.25) is 0 Å². The molecule has 5 heteroatoms. The van der Waals surface area contributed by atoms with Gasteiger partial charge in [-0.3, -0.25) is 0 Å². The predicted octanol–water partition coefficient (Wildman–Crippen LogP) is 5.25. The van der Waals surface area contributed by atoms with Crippen LogP contribution in [-0.2, 0) is 6.42 Å². The smallest absolute Gasteiger partial charge is 0.258 e. The van der Waals surface area contributed by atoms with E-state index in [1.54, 1.807) is 0 Å². The second-order valence-corrected chi connectivity index (χ2v) is 6.76. The molecule has 1 aromatic heterocycles. The van der Waals surface area contributed by atoms with Crippen LogP contribution in [0.1, 0.15) is 44.2 Å². The Kier molecular flexibility index (Phi) is 4.84. The maximum Gasteiger partial charge on any atom is 0.258 e. The lowest BCUT2D eigenvalue weighted by atomic mass is 9.99. The van der Waals surface area contributed by atoms with Crippen LogP contribution in [0.25, 0.3) is 22.8 Å². The number of hydrogen-bond acceptors (Lipinski definition) is 5. The Bertz CT molecular complexity index is 948. The van der Waals surface area contributed by atoms with Gasteiger partial charge in [0.1, 0.15) is 0 Å². The highest BCUT2D eigenvalue weighted by atomic mass is 16.5. The molecular weight excluding hydrogens is 340 g/mol. The van der Waals surface area contributed by atoms with Gasteiger partial charge in [0, 0.05) is 11.1 Å². The average Bonchev–Trinajstić information content (AvgIpc) is 3.31. The third-order valence-electron chi connectivity index (χ3n) is 5.03. The van der Waals surface area contributed by atoms with E-state index < -0.39 is 0 Å². The highest BCUT2D eigenvalue weighted by molar-refractivity contribution is 5.67. The van der Waals surface area contributed by atoms with Crippen LogP contribution in [0, 0.1) is 0 Å². The van der Waals surface area contributed by atoms with E-state index in [-0.39, 0.29) is 0 Å². The quantitative estimate of drug-likeness (QED) is 0.598. The molecule has 4 rings (SSSR count). The fraction of sp³-hybridized carbons (Fsp3) is 0.364. The maximum absolute atomic E-state index is 5.70. The Balaban J connectivity index is 1.69. The number of fused-ring (bicyclic) bond motifs is 1. The summed E-state index contributed by atoms with van der Waals surface area (Å²) < 4.78 is 16.9. The lowest BCUT2D eigenvalue weighted by molar-refractivity contribution is 0.288. The summed E-state index contributed by atoms with van der Waals surface area (Å²) in [6.45, 7) is 7.32. The zero-order valence-corrected chi connectivity index (χ0v) is 16.0. The number of rotatable bonds is 6. The Morgan fingerprint density at radius 2 is 1.89 bits per heavy atom. The molecule has 140 valence electrons. The first-order valence-corrected chi connectivity index (χ1v) is 9.57. The van der Waals surface area contributed by atoms with Crippen molar-refractivity contribution in [3.63, 3.8) is 0 Å². The minimum Gasteiger partial charge on any atom is -0.490 e. The zero-order chi connectivity index (χ0) is 18.8. The molecule has 0 N–H and O–H groups in total. The molecule has 0 radical (unpaired) electrons. The van der Waals surface area contributed by atoms with Gasteiger partial charge in [-0.05, 0) is 61.9 Å². The van der Waals surface area contributed by atoms with E-state index in [4.69, 9.17) is 14.0 Å². The van der Waals surface area contributed by atoms with Crippen LogP contribution in [0.15, 0.2) is 40.9 Å². The van der Waals surface area contributed by atoms with E-state index in [9.17, 15) is 0 Å². The first-order valence-electron chi connectivity index (χ1n) is 9.57. The van der Waals surface area contributed by atoms with Gasteiger partial charge in [0.2, 0.25) is 5.82 Å². The largest absolute Gasteiger partial charge is 0.490 e. The van der Waals surface area contributed by atoms with Gasteiger partial charge in [-0.1, -0.05) is 30.3 Å². The third-order valence-corrected chi connectivity index (χ3v) is 5.03. The minimum absolute atomic E-state index is 0.484. The summed E-state index contributed by atoms with van der Waals surface area (Å²) in [5, 5.41) is 4.24. The number of ether oxygens (including phenoxy) is 2. The molecule has 0 fully saturated rings. The number of hydrogen-bond donors (Lipinski definition) is 0. The van der Waals surface area contributed by atoms with E-state index in [0.717, 1.165) is 23.3 Å². The lowest BCUT2D eigenvalue weighted by Gasteiger charge is -2.11. The van der Waals surface area contributed by atoms with Crippen LogP contribution in [0.3, 0.4) is 0 Å². The van der Waals surface area contributed by atoms with Crippen LogP contribution in [-0.4, -0.2) is 23.4 Å². The minimum atomic E-state index is 0.484. The van der Waals surface area contributed by atoms with Crippen molar-refractivity contribution in [3.05, 3.63) is 47.5 Å². The molecule has 1 aliphatic rings. The van der Waals surface area contributed by atoms with Crippen LogP contribution < -0.4 is 9.47 Å². The van der Waals surface area contributed by atoms with Crippen LogP contribution in [0.4, 0.5) is 0 Å². The summed E-state index contributed by atoms with van der Waals surface area (Å²) >= 11 is 0. The fourth-order valence-electron chi connectivity index (χ4n) is 3.71. The normalized spacial score (nSPS) is 15.6. The first kappa shape index (κ1) is 17.6. The third kappa shape index (κ3) is 3.29. The van der Waals surface area contributed by atoms with Gasteiger partial charge in [0.05, 0.1) is 13.2 Å². The summed E-state index contributed by atoms with van der Waals surface area (Å²) in [7, 11) is 0. The van der Waals surface area contributed by atoms with Crippen LogP contribution >= 0.6 is 0 Å². The van der Waals surface area contributed by atoms with Crippen molar-refractivity contribution in [2.75, 3.05) is 13.2 Å². The maximum atomic E-state index is 5.70. The molecule has 2 aromatic carbocycles. The van der Waals surface area contributed by atoms with Crippen molar-refractivity contribution in [2.45, 2.75) is 39.5 Å². The summed E-state index contributed by atoms with van der Waals surface area (Å²) in [5.74, 6) is 3.12. The number of benzene rings is 2. The van der Waals surface area contributed by atoms with Crippen molar-refractivity contribution in [3.8, 4) is 34.3 Å². The van der Waals surface area contributed by atoms with Gasteiger partial charge < -0.3 is 14.0 Å². The molecule has 1 aliphatic carbocycles. The molecular formula is C22H24N2O3. The zero-order valence-electron chi connectivity index (χ0n) is 16.0. The summed E-state index contributed by atoms with van der Waals surface area (Å²) in [6, 6.07) is 12.1. The van der Waals surface area contributed by atoms with Crippen molar-refractivity contribution in [1.29, 1.82) is 0 Å². The average molecular weight is 364 g/mol. The molecule has 0 spiro atoms. The standard InChI is InChI=1S/C22H24N2O3/c1-4-25-19-12-10-15(13-20(19)26-5-2)22-23-21(24-27-22)18-8-6-7-16-14(3)9-11-17(16)18/h6-8,10,12-14H,4-5,9,11H2,1-3H3/t14-/m0/s1. The van der Waals surface area contributed by atoms with E-state index in [0.29, 0.717) is 36.6 Å². The second kappa shape index (κ2) is 7.43. The Hall–Kier alpha value is -2.82. The van der Waals surface area contributed by atoms with Gasteiger partial charge in [0.25, 0.3) is 5.89 Å². The monoisotopic (exact) mass is 364 g/mol. The molecule has 27 heavy (non-hydrogen) atoms. The van der Waals surface area contributed by atoms with E-state index in [1.807, 2.05) is 32.0 Å². The predicted molar refractivity (Wildman–Crippen MR) is 104 cm³/mol. The molecule has 5 nitrogen and oxygen atoms in total. The molecule has 0 unspecified atom stereocenters. The van der Waals surface area contributed by atoms with Gasteiger partial charge in [-0.25, -0.2) is 0 Å². The van der Waals surface area contributed by atoms with Gasteiger partial charge >= 0.3 is 0 Å². The second-order valence-electron chi connectivity index (χ2n) is 6.76. The molecule has 0 saturated carbocycles. The Labute approximate surface area is 159 Å². The van der Waals surface area contributed by atoms with Gasteiger partial charge in [-0.2, -0.15) is 4.98 Å². The van der Waals surface area contributed by atoms with E-state index in [2.05, 4.69) is 35.3 Å². The fourth-order valence-corrected chi connectivity index (χ4v) is 3.71. The highest BCUT2D eigenvalue weighted by Gasteiger charge is 2.24. The highest BCUT2D eigenvalue weighted by Crippen LogP contribution is 2.38. The van der Waals surface area contributed by atoms with E-state index in [1.165, 1.54) is 17.5 Å². The van der Waals surface area contributed by atoms with Crippen molar-refractivity contribution in [1.82, 2.24) is 10.1 Å². The Morgan fingerprint density at radius 1 is 1.07 bits per heavy atom. The molecule has 3 aromatic rings.